The monoisotopic (exact) mass is 635 g/mol. The van der Waals surface area contributed by atoms with Crippen molar-refractivity contribution in [3.8, 4) is 11.5 Å². The van der Waals surface area contributed by atoms with E-state index in [-0.39, 0.29) is 0 Å². The molecule has 0 bridgehead atoms. The number of nitrogens with one attached hydrogen (secondary N) is 1. The van der Waals surface area contributed by atoms with E-state index in [0.717, 1.165) is 19.2 Å². The summed E-state index contributed by atoms with van der Waals surface area (Å²) in [4.78, 5) is 27.7. The Morgan fingerprint density at radius 3 is 2.55 bits per heavy atom. The largest absolute Gasteiger partial charge is 0.493 e. The number of benzene rings is 3. The number of H-pyrrole nitrogens is 1. The first-order valence-electron chi connectivity index (χ1n) is 9.60. The number of para-hydroxylation sites is 1. The number of rotatable bonds is 6. The van der Waals surface area contributed by atoms with Crippen LogP contribution in [0.3, 0.4) is 0 Å². The second-order valence-corrected chi connectivity index (χ2v) is 9.51. The molecule has 1 aromatic heterocycles. The molecule has 0 amide bonds. The molecule has 0 radical (unpaired) electrons. The molecule has 0 aliphatic carbocycles. The van der Waals surface area contributed by atoms with Gasteiger partial charge in [0.05, 0.1) is 24.2 Å². The van der Waals surface area contributed by atoms with E-state index in [1.54, 1.807) is 36.4 Å². The minimum Gasteiger partial charge on any atom is -0.493 e. The maximum atomic E-state index is 12.7. The van der Waals surface area contributed by atoms with E-state index >= 15 is 0 Å². The lowest BCUT2D eigenvalue weighted by Crippen LogP contribution is -2.32. The van der Waals surface area contributed by atoms with Crippen molar-refractivity contribution in [2.24, 2.45) is 5.10 Å². The molecule has 4 aromatic rings. The third-order valence-corrected chi connectivity index (χ3v) is 6.70. The van der Waals surface area contributed by atoms with Crippen LogP contribution in [0.5, 0.6) is 11.5 Å². The Morgan fingerprint density at radius 1 is 1.00 bits per heavy atom. The zero-order valence-corrected chi connectivity index (χ0v) is 21.9. The first kappa shape index (κ1) is 23.5. The second-order valence-electron chi connectivity index (χ2n) is 6.89. The number of hydrogen-bond donors (Lipinski definition) is 1. The standard InChI is InChI=1S/C23H16Br3N3O4/c1-32-20-8-14(11-27-29-22(30)16-4-2-3-5-19(16)28-23(29)31)18(26)10-21(20)33-12-13-6-7-15(24)9-17(13)25/h2-11H,12H2,1H3,(H,28,31). The maximum Gasteiger partial charge on any atom is 0.349 e. The lowest BCUT2D eigenvalue weighted by Gasteiger charge is -2.13. The fourth-order valence-corrected chi connectivity index (χ4v) is 4.68. The van der Waals surface area contributed by atoms with E-state index in [0.29, 0.717) is 39.0 Å². The molecule has 168 valence electrons. The van der Waals surface area contributed by atoms with Gasteiger partial charge in [0.1, 0.15) is 6.61 Å². The highest BCUT2D eigenvalue weighted by Crippen LogP contribution is 2.34. The third kappa shape index (κ3) is 5.13. The van der Waals surface area contributed by atoms with E-state index in [9.17, 15) is 9.59 Å². The summed E-state index contributed by atoms with van der Waals surface area (Å²) in [6.45, 7) is 0.325. The first-order valence-corrected chi connectivity index (χ1v) is 12.0. The van der Waals surface area contributed by atoms with Gasteiger partial charge in [-0.15, -0.1) is 4.68 Å². The molecule has 0 unspecified atom stereocenters. The third-order valence-electron chi connectivity index (χ3n) is 4.78. The fraction of sp³-hybridized carbons (Fsp3) is 0.0870. The summed E-state index contributed by atoms with van der Waals surface area (Å²) < 4.78 is 14.8. The predicted molar refractivity (Wildman–Crippen MR) is 139 cm³/mol. The SMILES string of the molecule is COc1cc(C=Nn2c(=O)[nH]c3ccccc3c2=O)c(Br)cc1OCc1ccc(Br)cc1Br. The Labute approximate surface area is 213 Å². The van der Waals surface area contributed by atoms with Gasteiger partial charge in [0, 0.05) is 24.5 Å². The Kier molecular flexibility index (Phi) is 7.16. The molecule has 1 N–H and O–H groups in total. The van der Waals surface area contributed by atoms with E-state index in [1.165, 1.54) is 13.3 Å². The topological polar surface area (TPSA) is 85.7 Å². The highest BCUT2D eigenvalue weighted by molar-refractivity contribution is 9.11. The Morgan fingerprint density at radius 2 is 1.79 bits per heavy atom. The molecule has 0 spiro atoms. The zero-order valence-electron chi connectivity index (χ0n) is 17.1. The molecule has 0 saturated carbocycles. The number of halogens is 3. The molecule has 4 rings (SSSR count). The van der Waals surface area contributed by atoms with Crippen molar-refractivity contribution in [1.82, 2.24) is 9.66 Å². The summed E-state index contributed by atoms with van der Waals surface area (Å²) in [5, 5.41) is 4.47. The van der Waals surface area contributed by atoms with E-state index in [2.05, 4.69) is 57.9 Å². The Bertz CT molecular complexity index is 1500. The van der Waals surface area contributed by atoms with Gasteiger partial charge in [-0.05, 0) is 52.3 Å². The van der Waals surface area contributed by atoms with Gasteiger partial charge in [0.15, 0.2) is 11.5 Å². The summed E-state index contributed by atoms with van der Waals surface area (Å²) in [6, 6.07) is 16.1. The fourth-order valence-electron chi connectivity index (χ4n) is 3.09. The molecular weight excluding hydrogens is 622 g/mol. The molecule has 0 saturated heterocycles. The molecule has 1 heterocycles. The van der Waals surface area contributed by atoms with Crippen LogP contribution in [0, 0.1) is 0 Å². The Hall–Kier alpha value is -2.69. The summed E-state index contributed by atoms with van der Waals surface area (Å²) in [7, 11) is 1.53. The van der Waals surface area contributed by atoms with Crippen molar-refractivity contribution in [3.05, 3.63) is 100.0 Å². The van der Waals surface area contributed by atoms with Crippen LogP contribution in [-0.2, 0) is 6.61 Å². The number of fused-ring (bicyclic) bond motifs is 1. The molecule has 7 nitrogen and oxygen atoms in total. The van der Waals surface area contributed by atoms with Crippen molar-refractivity contribution >= 4 is 64.9 Å². The van der Waals surface area contributed by atoms with Gasteiger partial charge in [0.25, 0.3) is 5.56 Å². The van der Waals surface area contributed by atoms with Crippen LogP contribution in [0.25, 0.3) is 10.9 Å². The van der Waals surface area contributed by atoms with Crippen LogP contribution in [0.4, 0.5) is 0 Å². The van der Waals surface area contributed by atoms with E-state index in [4.69, 9.17) is 9.47 Å². The lowest BCUT2D eigenvalue weighted by molar-refractivity contribution is 0.283. The van der Waals surface area contributed by atoms with Crippen LogP contribution < -0.4 is 20.7 Å². The van der Waals surface area contributed by atoms with Gasteiger partial charge >= 0.3 is 5.69 Å². The van der Waals surface area contributed by atoms with Gasteiger partial charge in [-0.2, -0.15) is 5.10 Å². The van der Waals surface area contributed by atoms with Crippen LogP contribution in [0.2, 0.25) is 0 Å². The molecule has 0 aliphatic heterocycles. The summed E-state index contributed by atoms with van der Waals surface area (Å²) in [5.41, 5.74) is 0.896. The molecular formula is C23H16Br3N3O4. The average molecular weight is 638 g/mol. The van der Waals surface area contributed by atoms with Crippen molar-refractivity contribution < 1.29 is 9.47 Å². The Balaban J connectivity index is 1.63. The van der Waals surface area contributed by atoms with Crippen molar-refractivity contribution in [1.29, 1.82) is 0 Å². The van der Waals surface area contributed by atoms with Crippen LogP contribution in [0.15, 0.2) is 82.7 Å². The molecule has 10 heteroatoms. The minimum atomic E-state index is -0.627. The highest BCUT2D eigenvalue weighted by atomic mass is 79.9. The van der Waals surface area contributed by atoms with Gasteiger partial charge < -0.3 is 14.5 Å². The molecule has 3 aromatic carbocycles. The average Bonchev–Trinajstić information content (AvgIpc) is 2.79. The molecule has 33 heavy (non-hydrogen) atoms. The summed E-state index contributed by atoms with van der Waals surface area (Å²) in [6.07, 6.45) is 1.41. The number of aromatic nitrogens is 2. The molecule has 0 atom stereocenters. The second kappa shape index (κ2) is 10.1. The van der Waals surface area contributed by atoms with Crippen molar-refractivity contribution in [3.63, 3.8) is 0 Å². The van der Waals surface area contributed by atoms with Crippen LogP contribution in [-0.4, -0.2) is 23.0 Å². The van der Waals surface area contributed by atoms with Gasteiger partial charge in [-0.3, -0.25) is 4.79 Å². The van der Waals surface area contributed by atoms with Crippen molar-refractivity contribution in [2.75, 3.05) is 7.11 Å². The van der Waals surface area contributed by atoms with Crippen LogP contribution >= 0.6 is 47.8 Å². The maximum absolute atomic E-state index is 12.7. The van der Waals surface area contributed by atoms with Crippen molar-refractivity contribution in [2.45, 2.75) is 6.61 Å². The van der Waals surface area contributed by atoms with Gasteiger partial charge in [-0.1, -0.05) is 50.1 Å². The number of ether oxygens (including phenoxy) is 2. The van der Waals surface area contributed by atoms with E-state index < -0.39 is 11.2 Å². The molecule has 0 aliphatic rings. The number of methoxy groups -OCH3 is 1. The van der Waals surface area contributed by atoms with E-state index in [1.807, 2.05) is 18.2 Å². The zero-order chi connectivity index (χ0) is 23.5. The quantitative estimate of drug-likeness (QED) is 0.285. The number of nitrogens with zero attached hydrogens (tertiary/aromatic N) is 2. The summed E-state index contributed by atoms with van der Waals surface area (Å²) in [5.74, 6) is 1.00. The highest BCUT2D eigenvalue weighted by Gasteiger charge is 2.12. The van der Waals surface area contributed by atoms with Gasteiger partial charge in [-0.25, -0.2) is 4.79 Å². The number of hydrogen-bond acceptors (Lipinski definition) is 5. The summed E-state index contributed by atoms with van der Waals surface area (Å²) >= 11 is 10.5. The number of aromatic amines is 1. The minimum absolute atomic E-state index is 0.325. The molecule has 0 fully saturated rings. The van der Waals surface area contributed by atoms with Gasteiger partial charge in [0.2, 0.25) is 0 Å². The normalized spacial score (nSPS) is 11.3. The van der Waals surface area contributed by atoms with Crippen LogP contribution in [0.1, 0.15) is 11.1 Å². The predicted octanol–water partition coefficient (Wildman–Crippen LogP) is 5.45. The first-order chi connectivity index (χ1) is 15.9. The lowest BCUT2D eigenvalue weighted by atomic mass is 10.2. The smallest absolute Gasteiger partial charge is 0.349 e.